The third-order valence-corrected chi connectivity index (χ3v) is 2.25. The summed E-state index contributed by atoms with van der Waals surface area (Å²) in [5.41, 5.74) is 2.22. The van der Waals surface area contributed by atoms with Gasteiger partial charge in [-0.3, -0.25) is 0 Å². The summed E-state index contributed by atoms with van der Waals surface area (Å²) in [6, 6.07) is 11.7. The van der Waals surface area contributed by atoms with Crippen LogP contribution in [0.4, 0.5) is 0 Å². The summed E-state index contributed by atoms with van der Waals surface area (Å²) in [6.45, 7) is 0. The van der Waals surface area contributed by atoms with E-state index < -0.39 is 0 Å². The molecular weight excluding hydrogens is 180 g/mol. The molecule has 0 aliphatic carbocycles. The summed E-state index contributed by atoms with van der Waals surface area (Å²) in [5.74, 6) is 0. The summed E-state index contributed by atoms with van der Waals surface area (Å²) >= 11 is 1.19. The fourth-order valence-electron chi connectivity index (χ4n) is 1.08. The molecule has 2 rings (SSSR count). The summed E-state index contributed by atoms with van der Waals surface area (Å²) in [6.07, 6.45) is 0. The molecule has 1 radical (unpaired) electrons. The van der Waals surface area contributed by atoms with E-state index in [1.807, 2.05) is 30.3 Å². The Bertz CT molecular complexity index is 439. The van der Waals surface area contributed by atoms with E-state index in [4.69, 9.17) is 5.26 Å². The molecule has 2 nitrogen and oxygen atoms in total. The van der Waals surface area contributed by atoms with E-state index in [0.29, 0.717) is 5.56 Å². The van der Waals surface area contributed by atoms with Crippen molar-refractivity contribution in [3.05, 3.63) is 41.3 Å². The Kier molecular flexibility index (Phi) is 2.07. The highest BCUT2D eigenvalue weighted by molar-refractivity contribution is 7.03. The molecule has 0 amide bonds. The topological polar surface area (TPSA) is 36.7 Å². The highest BCUT2D eigenvalue weighted by Gasteiger charge is 2.06. The lowest BCUT2D eigenvalue weighted by molar-refractivity contribution is 1.46. The van der Waals surface area contributed by atoms with Crippen LogP contribution in [0.1, 0.15) is 5.56 Å². The van der Waals surface area contributed by atoms with Gasteiger partial charge in [-0.15, -0.1) is 0 Å². The highest BCUT2D eigenvalue weighted by Crippen LogP contribution is 2.22. The summed E-state index contributed by atoms with van der Waals surface area (Å²) in [7, 11) is 0. The lowest BCUT2D eigenvalue weighted by Crippen LogP contribution is -1.79. The predicted molar refractivity (Wildman–Crippen MR) is 51.1 cm³/mol. The molecule has 0 unspecified atom stereocenters. The smallest absolute Gasteiger partial charge is 0.103 e. The lowest BCUT2D eigenvalue weighted by atomic mass is 10.1. The van der Waals surface area contributed by atoms with Crippen LogP contribution in [0.25, 0.3) is 11.3 Å². The van der Waals surface area contributed by atoms with Crippen molar-refractivity contribution in [2.75, 3.05) is 0 Å². The quantitative estimate of drug-likeness (QED) is 0.684. The molecule has 13 heavy (non-hydrogen) atoms. The van der Waals surface area contributed by atoms with Crippen molar-refractivity contribution in [1.29, 1.82) is 5.26 Å². The van der Waals surface area contributed by atoms with Gasteiger partial charge in [0.25, 0.3) is 0 Å². The van der Waals surface area contributed by atoms with E-state index in [9.17, 15) is 0 Å². The monoisotopic (exact) mass is 185 g/mol. The Morgan fingerprint density at radius 1 is 1.31 bits per heavy atom. The number of nitriles is 1. The zero-order chi connectivity index (χ0) is 9.10. The second-order valence-corrected chi connectivity index (χ2v) is 3.06. The lowest BCUT2D eigenvalue weighted by Gasteiger charge is -1.94. The molecule has 0 N–H and O–H groups in total. The van der Waals surface area contributed by atoms with Crippen LogP contribution in [0.3, 0.4) is 0 Å². The standard InChI is InChI=1S/C10H5N2S/c11-6-9-7-13-12-10(9)8-4-2-1-3-5-8/h1-5H. The normalized spacial score (nSPS) is 9.46. The Balaban J connectivity index is 2.54. The first kappa shape index (κ1) is 7.96. The maximum Gasteiger partial charge on any atom is 0.103 e. The number of nitrogens with zero attached hydrogens (tertiary/aromatic N) is 2. The third-order valence-electron chi connectivity index (χ3n) is 1.68. The van der Waals surface area contributed by atoms with Crippen LogP contribution < -0.4 is 0 Å². The highest BCUT2D eigenvalue weighted by atomic mass is 32.1. The van der Waals surface area contributed by atoms with Crippen molar-refractivity contribution >= 4 is 11.5 Å². The molecule has 1 aromatic carbocycles. The molecule has 3 heteroatoms. The number of rotatable bonds is 1. The molecule has 0 bridgehead atoms. The fraction of sp³-hybridized carbons (Fsp3) is 0. The first-order chi connectivity index (χ1) is 6.42. The van der Waals surface area contributed by atoms with Gasteiger partial charge in [-0.1, -0.05) is 30.3 Å². The molecule has 0 atom stereocenters. The molecule has 0 spiro atoms. The molecule has 0 aliphatic heterocycles. The second kappa shape index (κ2) is 3.38. The minimum Gasteiger partial charge on any atom is -0.192 e. The van der Waals surface area contributed by atoms with Gasteiger partial charge in [0, 0.05) is 5.56 Å². The Hall–Kier alpha value is -1.66. The van der Waals surface area contributed by atoms with E-state index >= 15 is 0 Å². The van der Waals surface area contributed by atoms with Gasteiger partial charge in [-0.25, -0.2) is 0 Å². The van der Waals surface area contributed by atoms with Gasteiger partial charge in [0.1, 0.15) is 11.8 Å². The van der Waals surface area contributed by atoms with Crippen molar-refractivity contribution in [3.8, 4) is 17.3 Å². The number of hydrogen-bond acceptors (Lipinski definition) is 3. The van der Waals surface area contributed by atoms with Gasteiger partial charge >= 0.3 is 0 Å². The van der Waals surface area contributed by atoms with Gasteiger partial charge in [-0.2, -0.15) is 9.64 Å². The van der Waals surface area contributed by atoms with E-state index in [1.165, 1.54) is 11.5 Å². The Labute approximate surface area is 80.2 Å². The van der Waals surface area contributed by atoms with Crippen LogP contribution in [0.15, 0.2) is 30.3 Å². The number of aromatic nitrogens is 1. The van der Waals surface area contributed by atoms with Crippen LogP contribution in [0.5, 0.6) is 0 Å². The van der Waals surface area contributed by atoms with Crippen LogP contribution in [0, 0.1) is 16.7 Å². The zero-order valence-corrected chi connectivity index (χ0v) is 7.51. The molecule has 0 saturated carbocycles. The number of benzene rings is 1. The maximum absolute atomic E-state index is 8.75. The molecule has 61 valence electrons. The molecule has 1 heterocycles. The van der Waals surface area contributed by atoms with Crippen molar-refractivity contribution in [3.63, 3.8) is 0 Å². The van der Waals surface area contributed by atoms with E-state index in [2.05, 4.69) is 15.8 Å². The summed E-state index contributed by atoms with van der Waals surface area (Å²) in [4.78, 5) is 0. The van der Waals surface area contributed by atoms with Crippen LogP contribution in [-0.2, 0) is 0 Å². The van der Waals surface area contributed by atoms with Crippen molar-refractivity contribution in [1.82, 2.24) is 4.37 Å². The van der Waals surface area contributed by atoms with Gasteiger partial charge < -0.3 is 0 Å². The molecule has 0 aliphatic rings. The van der Waals surface area contributed by atoms with E-state index in [-0.39, 0.29) is 0 Å². The van der Waals surface area contributed by atoms with Crippen molar-refractivity contribution in [2.45, 2.75) is 0 Å². The predicted octanol–water partition coefficient (Wildman–Crippen LogP) is 2.48. The summed E-state index contributed by atoms with van der Waals surface area (Å²) < 4.78 is 4.12. The van der Waals surface area contributed by atoms with Crippen LogP contribution in [-0.4, -0.2) is 4.37 Å². The number of hydrogen-bond donors (Lipinski definition) is 0. The van der Waals surface area contributed by atoms with Crippen LogP contribution >= 0.6 is 11.5 Å². The van der Waals surface area contributed by atoms with Gasteiger partial charge in [0.15, 0.2) is 0 Å². The van der Waals surface area contributed by atoms with E-state index in [1.54, 1.807) is 0 Å². The van der Waals surface area contributed by atoms with Gasteiger partial charge in [0.05, 0.1) is 10.9 Å². The van der Waals surface area contributed by atoms with Crippen LogP contribution in [0.2, 0.25) is 0 Å². The van der Waals surface area contributed by atoms with E-state index in [0.717, 1.165) is 11.3 Å². The summed E-state index contributed by atoms with van der Waals surface area (Å²) in [5, 5.41) is 11.6. The van der Waals surface area contributed by atoms with Gasteiger partial charge in [-0.05, 0) is 11.5 Å². The minimum atomic E-state index is 0.524. The molecule has 1 aromatic heterocycles. The third kappa shape index (κ3) is 1.44. The van der Waals surface area contributed by atoms with Gasteiger partial charge in [0.2, 0.25) is 0 Å². The molecule has 0 saturated heterocycles. The Morgan fingerprint density at radius 2 is 2.08 bits per heavy atom. The van der Waals surface area contributed by atoms with Crippen molar-refractivity contribution < 1.29 is 0 Å². The second-order valence-electron chi connectivity index (χ2n) is 2.49. The average Bonchev–Trinajstić information content (AvgIpc) is 2.67. The molecular formula is C10H5N2S. The first-order valence-electron chi connectivity index (χ1n) is 3.74. The fourth-order valence-corrected chi connectivity index (χ4v) is 1.64. The SMILES string of the molecule is N#Cc1[c]snc1-c1ccccc1. The Morgan fingerprint density at radius 3 is 2.77 bits per heavy atom. The molecule has 0 fully saturated rings. The minimum absolute atomic E-state index is 0.524. The van der Waals surface area contributed by atoms with Crippen molar-refractivity contribution in [2.24, 2.45) is 0 Å². The molecule has 2 aromatic rings. The maximum atomic E-state index is 8.75. The largest absolute Gasteiger partial charge is 0.192 e. The average molecular weight is 185 g/mol. The first-order valence-corrected chi connectivity index (χ1v) is 4.52. The zero-order valence-electron chi connectivity index (χ0n) is 6.69.